The molecule has 0 radical (unpaired) electrons. The normalized spacial score (nSPS) is 13.1. The summed E-state index contributed by atoms with van der Waals surface area (Å²) in [7, 11) is 0. The van der Waals surface area contributed by atoms with E-state index < -0.39 is 18.2 Å². The van der Waals surface area contributed by atoms with Gasteiger partial charge in [0.05, 0.1) is 39.6 Å². The summed E-state index contributed by atoms with van der Waals surface area (Å²) >= 11 is 0. The van der Waals surface area contributed by atoms with Gasteiger partial charge in [0.1, 0.15) is 12.2 Å². The van der Waals surface area contributed by atoms with Crippen LogP contribution in [0.4, 0.5) is 0 Å². The van der Waals surface area contributed by atoms with Crippen LogP contribution in [0.1, 0.15) is 0 Å². The van der Waals surface area contributed by atoms with Gasteiger partial charge in [0.15, 0.2) is 0 Å². The van der Waals surface area contributed by atoms with Crippen LogP contribution in [0, 0.1) is 0 Å². The fourth-order valence-corrected chi connectivity index (χ4v) is 0.662. The van der Waals surface area contributed by atoms with E-state index in [1.54, 1.807) is 0 Å². The van der Waals surface area contributed by atoms with Gasteiger partial charge < -0.3 is 35.0 Å². The lowest BCUT2D eigenvalue weighted by Gasteiger charge is -2.10. The Hall–Kier alpha value is -1.03. The van der Waals surface area contributed by atoms with Gasteiger partial charge in [-0.05, 0) is 0 Å². The molecule has 0 aliphatic rings. The smallest absolute Gasteiger partial charge is 0.327 e. The Kier molecular flexibility index (Phi) is 16.1. The summed E-state index contributed by atoms with van der Waals surface area (Å²) in [6.07, 6.45) is -0.893. The van der Waals surface area contributed by atoms with Crippen molar-refractivity contribution >= 4 is 5.97 Å². The molecule has 0 saturated heterocycles. The molecule has 0 saturated carbocycles. The van der Waals surface area contributed by atoms with Crippen molar-refractivity contribution in [2.45, 2.75) is 12.2 Å². The maximum atomic E-state index is 9.25. The van der Waals surface area contributed by atoms with Crippen LogP contribution < -0.4 is 0 Å². The third-order valence-electron chi connectivity index (χ3n) is 1.59. The Bertz CT molecular complexity index is 207. The molecule has 19 heavy (non-hydrogen) atoms. The summed E-state index contributed by atoms with van der Waals surface area (Å²) in [6.45, 7) is 2.96. The van der Waals surface area contributed by atoms with E-state index in [4.69, 9.17) is 35.0 Å². The number of carboxylic acids is 1. The van der Waals surface area contributed by atoms with Gasteiger partial charge in [-0.1, -0.05) is 6.58 Å². The zero-order chi connectivity index (χ0) is 15.1. The van der Waals surface area contributed by atoms with Crippen molar-refractivity contribution < 1.29 is 39.8 Å². The molecule has 0 bridgehead atoms. The zero-order valence-corrected chi connectivity index (χ0v) is 10.6. The molecule has 114 valence electrons. The summed E-state index contributed by atoms with van der Waals surface area (Å²) in [6, 6.07) is 0. The van der Waals surface area contributed by atoms with Crippen LogP contribution in [0.15, 0.2) is 12.7 Å². The molecule has 2 atom stereocenters. The first kappa shape index (κ1) is 20.3. The number of aliphatic hydroxyl groups excluding tert-OH is 4. The highest BCUT2D eigenvalue weighted by molar-refractivity contribution is 5.78. The summed E-state index contributed by atoms with van der Waals surface area (Å²) in [5, 5.41) is 42.1. The second-order valence-corrected chi connectivity index (χ2v) is 3.36. The standard InChI is InChI=1S/C8H18O6.C3H4O2/c9-3-7(11)5-13-1-2-14-6-8(12)4-10;1-2-3(4)5/h7-12H,1-6H2;2H,1H2,(H,4,5). The molecular formula is C11H22O8. The number of ether oxygens (including phenoxy) is 2. The van der Waals surface area contributed by atoms with Gasteiger partial charge in [0, 0.05) is 6.08 Å². The third-order valence-corrected chi connectivity index (χ3v) is 1.59. The topological polar surface area (TPSA) is 137 Å². The van der Waals surface area contributed by atoms with E-state index in [0.717, 1.165) is 6.08 Å². The van der Waals surface area contributed by atoms with Gasteiger partial charge in [0.25, 0.3) is 0 Å². The van der Waals surface area contributed by atoms with E-state index in [-0.39, 0.29) is 39.6 Å². The highest BCUT2D eigenvalue weighted by atomic mass is 16.5. The molecule has 0 rings (SSSR count). The highest BCUT2D eigenvalue weighted by Crippen LogP contribution is 1.86. The molecule has 8 nitrogen and oxygen atoms in total. The number of aliphatic carboxylic acids is 1. The SMILES string of the molecule is C=CC(=O)O.OCC(O)COCCOCC(O)CO. The van der Waals surface area contributed by atoms with Gasteiger partial charge in [-0.25, -0.2) is 4.79 Å². The lowest BCUT2D eigenvalue weighted by Crippen LogP contribution is -2.23. The number of hydrogen-bond donors (Lipinski definition) is 5. The van der Waals surface area contributed by atoms with Crippen LogP contribution in [0.3, 0.4) is 0 Å². The summed E-state index contributed by atoms with van der Waals surface area (Å²) in [4.78, 5) is 9.25. The minimum atomic E-state index is -0.981. The quantitative estimate of drug-likeness (QED) is 0.229. The van der Waals surface area contributed by atoms with Crippen LogP contribution in [0.2, 0.25) is 0 Å². The lowest BCUT2D eigenvalue weighted by molar-refractivity contribution is -0.131. The van der Waals surface area contributed by atoms with Crippen molar-refractivity contribution in [1.29, 1.82) is 0 Å². The van der Waals surface area contributed by atoms with Crippen molar-refractivity contribution in [1.82, 2.24) is 0 Å². The molecule has 0 spiro atoms. The van der Waals surface area contributed by atoms with Crippen molar-refractivity contribution in [2.24, 2.45) is 0 Å². The van der Waals surface area contributed by atoms with Crippen LogP contribution >= 0.6 is 0 Å². The molecule has 0 heterocycles. The Labute approximate surface area is 111 Å². The van der Waals surface area contributed by atoms with Crippen molar-refractivity contribution in [3.63, 3.8) is 0 Å². The molecule has 5 N–H and O–H groups in total. The first-order valence-electron chi connectivity index (χ1n) is 5.56. The van der Waals surface area contributed by atoms with E-state index in [1.165, 1.54) is 0 Å². The first-order chi connectivity index (χ1) is 8.97. The number of hydrogen-bond acceptors (Lipinski definition) is 7. The molecule has 0 aromatic heterocycles. The number of rotatable bonds is 10. The molecule has 0 aromatic rings. The molecule has 0 amide bonds. The molecule has 2 unspecified atom stereocenters. The first-order valence-corrected chi connectivity index (χ1v) is 5.56. The Balaban J connectivity index is 0. The van der Waals surface area contributed by atoms with Gasteiger partial charge in [-0.3, -0.25) is 0 Å². The Morgan fingerprint density at radius 2 is 1.37 bits per heavy atom. The molecular weight excluding hydrogens is 260 g/mol. The second kappa shape index (κ2) is 15.0. The summed E-state index contributed by atoms with van der Waals surface area (Å²) in [5.74, 6) is -0.981. The molecule has 0 fully saturated rings. The predicted molar refractivity (Wildman–Crippen MR) is 65.7 cm³/mol. The fourth-order valence-electron chi connectivity index (χ4n) is 0.662. The van der Waals surface area contributed by atoms with Gasteiger partial charge in [-0.2, -0.15) is 0 Å². The van der Waals surface area contributed by atoms with Gasteiger partial charge >= 0.3 is 5.97 Å². The molecule has 0 aliphatic heterocycles. The second-order valence-electron chi connectivity index (χ2n) is 3.36. The Morgan fingerprint density at radius 3 is 1.58 bits per heavy atom. The maximum absolute atomic E-state index is 9.25. The number of carboxylic acid groups (broad SMARTS) is 1. The van der Waals surface area contributed by atoms with E-state index in [1.807, 2.05) is 0 Å². The van der Waals surface area contributed by atoms with Crippen LogP contribution in [0.5, 0.6) is 0 Å². The molecule has 0 aliphatic carbocycles. The number of aliphatic hydroxyl groups is 4. The average molecular weight is 282 g/mol. The maximum Gasteiger partial charge on any atom is 0.327 e. The van der Waals surface area contributed by atoms with Crippen molar-refractivity contribution in [3.8, 4) is 0 Å². The lowest BCUT2D eigenvalue weighted by atomic mass is 10.4. The summed E-state index contributed by atoms with van der Waals surface area (Å²) in [5.41, 5.74) is 0. The zero-order valence-electron chi connectivity index (χ0n) is 10.6. The average Bonchev–Trinajstić information content (AvgIpc) is 2.42. The van der Waals surface area contributed by atoms with E-state index >= 15 is 0 Å². The summed E-state index contributed by atoms with van der Waals surface area (Å²) < 4.78 is 9.85. The van der Waals surface area contributed by atoms with Crippen LogP contribution in [0.25, 0.3) is 0 Å². The number of carbonyl (C=O) groups is 1. The van der Waals surface area contributed by atoms with Crippen LogP contribution in [-0.4, -0.2) is 83.4 Å². The predicted octanol–water partition coefficient (Wildman–Crippen LogP) is -2.02. The largest absolute Gasteiger partial charge is 0.478 e. The van der Waals surface area contributed by atoms with Crippen molar-refractivity contribution in [3.05, 3.63) is 12.7 Å². The van der Waals surface area contributed by atoms with E-state index in [2.05, 4.69) is 6.58 Å². The Morgan fingerprint density at radius 1 is 1.05 bits per heavy atom. The van der Waals surface area contributed by atoms with Crippen molar-refractivity contribution in [2.75, 3.05) is 39.6 Å². The monoisotopic (exact) mass is 282 g/mol. The van der Waals surface area contributed by atoms with Gasteiger partial charge in [-0.15, -0.1) is 0 Å². The minimum Gasteiger partial charge on any atom is -0.478 e. The van der Waals surface area contributed by atoms with E-state index in [9.17, 15) is 4.79 Å². The highest BCUT2D eigenvalue weighted by Gasteiger charge is 2.02. The fraction of sp³-hybridized carbons (Fsp3) is 0.727. The van der Waals surface area contributed by atoms with E-state index in [0.29, 0.717) is 0 Å². The third kappa shape index (κ3) is 19.5. The van der Waals surface area contributed by atoms with Crippen LogP contribution in [-0.2, 0) is 14.3 Å². The minimum absolute atomic E-state index is 0.0579. The molecule has 8 heteroatoms. The molecule has 0 aromatic carbocycles. The van der Waals surface area contributed by atoms with Gasteiger partial charge in [0.2, 0.25) is 0 Å².